The lowest BCUT2D eigenvalue weighted by Crippen LogP contribution is -2.65. The number of nitrogens with zero attached hydrogens (tertiary/aromatic N) is 2. The van der Waals surface area contributed by atoms with E-state index in [0.717, 1.165) is 38.0 Å². The molecular weight excluding hydrogens is 356 g/mol. The summed E-state index contributed by atoms with van der Waals surface area (Å²) in [6, 6.07) is 0.824. The fraction of sp³-hybridized carbons (Fsp3) is 0.941. The average molecular weight is 387 g/mol. The van der Waals surface area contributed by atoms with Crippen LogP contribution in [0.25, 0.3) is 0 Å². The maximum absolute atomic E-state index is 11.8. The number of hydrogen-bond acceptors (Lipinski definition) is 4. The van der Waals surface area contributed by atoms with Gasteiger partial charge in [0.25, 0.3) is 0 Å². The van der Waals surface area contributed by atoms with Crippen LogP contribution < -0.4 is 10.9 Å². The second-order valence-electron chi connectivity index (χ2n) is 7.70. The van der Waals surface area contributed by atoms with Gasteiger partial charge in [-0.15, -0.1) is 0 Å². The summed E-state index contributed by atoms with van der Waals surface area (Å²) in [5.74, 6) is 1.81. The Hall–Kier alpha value is -0.170. The molecule has 3 aliphatic rings. The second kappa shape index (κ2) is 7.81. The van der Waals surface area contributed by atoms with Crippen molar-refractivity contribution in [3.8, 4) is 0 Å². The van der Waals surface area contributed by atoms with Crippen LogP contribution in [0.15, 0.2) is 0 Å². The van der Waals surface area contributed by atoms with Crippen LogP contribution in [0.1, 0.15) is 39.5 Å². The van der Waals surface area contributed by atoms with E-state index in [9.17, 15) is 4.79 Å². The van der Waals surface area contributed by atoms with Gasteiger partial charge in [0.05, 0.1) is 0 Å². The number of piperazine rings is 1. The predicted molar refractivity (Wildman–Crippen MR) is 96.4 cm³/mol. The minimum atomic E-state index is -0.110. The summed E-state index contributed by atoms with van der Waals surface area (Å²) in [6.45, 7) is 10.1. The topological polar surface area (TPSA) is 47.6 Å². The second-order valence-corrected chi connectivity index (χ2v) is 8.69. The van der Waals surface area contributed by atoms with Crippen molar-refractivity contribution >= 4 is 21.8 Å². The predicted octanol–water partition coefficient (Wildman–Crippen LogP) is 1.59. The Balaban J connectivity index is 1.53. The number of carbonyl (C=O) groups excluding carboxylic acids is 1. The minimum Gasteiger partial charge on any atom is -0.298 e. The molecule has 0 aromatic rings. The van der Waals surface area contributed by atoms with Crippen molar-refractivity contribution in [2.24, 2.45) is 11.8 Å². The molecule has 5 nitrogen and oxygen atoms in total. The molecule has 2 heterocycles. The van der Waals surface area contributed by atoms with Gasteiger partial charge in [0.1, 0.15) is 4.83 Å². The van der Waals surface area contributed by atoms with Crippen molar-refractivity contribution in [2.45, 2.75) is 56.4 Å². The molecule has 23 heavy (non-hydrogen) atoms. The molecule has 132 valence electrons. The normalized spacial score (nSPS) is 40.8. The van der Waals surface area contributed by atoms with Crippen LogP contribution in [0.5, 0.6) is 0 Å². The molecule has 5 atom stereocenters. The smallest absolute Gasteiger partial charge is 0.249 e. The quantitative estimate of drug-likeness (QED) is 0.723. The van der Waals surface area contributed by atoms with Crippen LogP contribution in [0.3, 0.4) is 0 Å². The third-order valence-corrected chi connectivity index (χ3v) is 7.16. The minimum absolute atomic E-state index is 0.0485. The average Bonchev–Trinajstić information content (AvgIpc) is 2.54. The number of alkyl halides is 1. The van der Waals surface area contributed by atoms with Gasteiger partial charge in [0, 0.05) is 44.8 Å². The van der Waals surface area contributed by atoms with Crippen molar-refractivity contribution in [3.63, 3.8) is 0 Å². The lowest BCUT2D eigenvalue weighted by Gasteiger charge is -2.47. The fourth-order valence-electron chi connectivity index (χ4n) is 4.47. The zero-order chi connectivity index (χ0) is 16.4. The molecule has 2 saturated heterocycles. The Bertz CT molecular complexity index is 421. The highest BCUT2D eigenvalue weighted by Crippen LogP contribution is 2.31. The first-order chi connectivity index (χ1) is 11.1. The fourth-order valence-corrected chi connectivity index (χ4v) is 5.10. The molecule has 0 bridgehead atoms. The van der Waals surface area contributed by atoms with E-state index >= 15 is 0 Å². The van der Waals surface area contributed by atoms with Gasteiger partial charge in [-0.3, -0.25) is 20.0 Å². The summed E-state index contributed by atoms with van der Waals surface area (Å²) in [7, 11) is 0. The standard InChI is InChI=1S/C17H31BrN4O/c1-12-5-3-4-6-14(12)11-21-7-8-22(10-13(21)2)15-9-19-20-17(23)16(15)18/h12-16,19H,3-11H2,1-2H3,(H,20,23)/t12?,13-,14?,15?,16?/m0/s1. The molecule has 1 amide bonds. The van der Waals surface area contributed by atoms with Gasteiger partial charge in [-0.1, -0.05) is 42.1 Å². The van der Waals surface area contributed by atoms with Crippen LogP contribution >= 0.6 is 15.9 Å². The Labute approximate surface area is 148 Å². The first-order valence-electron chi connectivity index (χ1n) is 9.21. The first-order valence-corrected chi connectivity index (χ1v) is 10.1. The van der Waals surface area contributed by atoms with Crippen molar-refractivity contribution in [2.75, 3.05) is 32.7 Å². The largest absolute Gasteiger partial charge is 0.298 e. The molecule has 6 heteroatoms. The zero-order valence-electron chi connectivity index (χ0n) is 14.4. The van der Waals surface area contributed by atoms with E-state index in [1.165, 1.54) is 32.2 Å². The summed E-state index contributed by atoms with van der Waals surface area (Å²) in [6.07, 6.45) is 5.65. The lowest BCUT2D eigenvalue weighted by atomic mass is 9.80. The highest BCUT2D eigenvalue weighted by molar-refractivity contribution is 9.10. The molecule has 2 aliphatic heterocycles. The molecule has 1 saturated carbocycles. The Morgan fingerprint density at radius 3 is 2.74 bits per heavy atom. The molecular formula is C17H31BrN4O. The van der Waals surface area contributed by atoms with Gasteiger partial charge in [-0.2, -0.15) is 0 Å². The van der Waals surface area contributed by atoms with Crippen LogP contribution in [-0.4, -0.2) is 65.3 Å². The zero-order valence-corrected chi connectivity index (χ0v) is 16.0. The van der Waals surface area contributed by atoms with E-state index in [1.807, 2.05) is 0 Å². The van der Waals surface area contributed by atoms with E-state index in [0.29, 0.717) is 6.04 Å². The molecule has 3 fully saturated rings. The SMILES string of the molecule is CC1CCCCC1CN1CCN(C2CNNC(=O)C2Br)C[C@@H]1C. The van der Waals surface area contributed by atoms with E-state index in [-0.39, 0.29) is 16.8 Å². The first kappa shape index (κ1) is 17.6. The number of hydrogen-bond donors (Lipinski definition) is 2. The molecule has 0 aromatic carbocycles. The van der Waals surface area contributed by atoms with Gasteiger partial charge in [0.15, 0.2) is 0 Å². The van der Waals surface area contributed by atoms with Crippen LogP contribution in [0.4, 0.5) is 0 Å². The molecule has 2 N–H and O–H groups in total. The monoisotopic (exact) mass is 386 g/mol. The number of halogens is 1. The maximum atomic E-state index is 11.8. The number of nitrogens with one attached hydrogen (secondary N) is 2. The lowest BCUT2D eigenvalue weighted by molar-refractivity contribution is -0.124. The summed E-state index contributed by atoms with van der Waals surface area (Å²) < 4.78 is 0. The number of rotatable bonds is 3. The van der Waals surface area contributed by atoms with Crippen LogP contribution in [0.2, 0.25) is 0 Å². The molecule has 0 radical (unpaired) electrons. The molecule has 4 unspecified atom stereocenters. The van der Waals surface area contributed by atoms with E-state index < -0.39 is 0 Å². The van der Waals surface area contributed by atoms with Gasteiger partial charge in [-0.05, 0) is 25.2 Å². The van der Waals surface area contributed by atoms with Crippen molar-refractivity contribution in [3.05, 3.63) is 0 Å². The van der Waals surface area contributed by atoms with Gasteiger partial charge in [-0.25, -0.2) is 5.43 Å². The number of carbonyl (C=O) groups is 1. The van der Waals surface area contributed by atoms with Crippen LogP contribution in [-0.2, 0) is 4.79 Å². The Kier molecular flexibility index (Phi) is 5.99. The molecule has 0 aromatic heterocycles. The third-order valence-electron chi connectivity index (χ3n) is 6.13. The maximum Gasteiger partial charge on any atom is 0.249 e. The van der Waals surface area contributed by atoms with Gasteiger partial charge in [0.2, 0.25) is 5.91 Å². The number of hydrazine groups is 1. The van der Waals surface area contributed by atoms with Crippen molar-refractivity contribution < 1.29 is 4.79 Å². The summed E-state index contributed by atoms with van der Waals surface area (Å²) in [5, 5.41) is 0. The summed E-state index contributed by atoms with van der Waals surface area (Å²) in [5.41, 5.74) is 5.73. The van der Waals surface area contributed by atoms with Gasteiger partial charge < -0.3 is 0 Å². The van der Waals surface area contributed by atoms with Gasteiger partial charge >= 0.3 is 0 Å². The molecule has 3 rings (SSSR count). The number of amides is 1. The summed E-state index contributed by atoms with van der Waals surface area (Å²) in [4.78, 5) is 16.9. The van der Waals surface area contributed by atoms with Crippen LogP contribution in [0, 0.1) is 11.8 Å². The molecule has 1 aliphatic carbocycles. The van der Waals surface area contributed by atoms with Crippen molar-refractivity contribution in [1.29, 1.82) is 0 Å². The third kappa shape index (κ3) is 4.09. The Morgan fingerprint density at radius 2 is 2.00 bits per heavy atom. The van der Waals surface area contributed by atoms with E-state index in [1.54, 1.807) is 0 Å². The van der Waals surface area contributed by atoms with E-state index in [2.05, 4.69) is 50.4 Å². The summed E-state index contributed by atoms with van der Waals surface area (Å²) >= 11 is 3.57. The highest BCUT2D eigenvalue weighted by Gasteiger charge is 2.37. The van der Waals surface area contributed by atoms with E-state index in [4.69, 9.17) is 0 Å². The molecule has 0 spiro atoms. The van der Waals surface area contributed by atoms with Crippen molar-refractivity contribution in [1.82, 2.24) is 20.7 Å². The highest BCUT2D eigenvalue weighted by atomic mass is 79.9. The Morgan fingerprint density at radius 1 is 1.22 bits per heavy atom.